The SMILES string of the molecule is CCOCCn1c(=O)[nH]c2cc(C(=O)NCc3cc(C)no3)ccc21. The lowest BCUT2D eigenvalue weighted by molar-refractivity contribution is 0.0947. The van der Waals surface area contributed by atoms with E-state index in [9.17, 15) is 9.59 Å². The second kappa shape index (κ2) is 7.35. The van der Waals surface area contributed by atoms with Crippen molar-refractivity contribution in [2.75, 3.05) is 13.2 Å². The molecular formula is C17H20N4O4. The number of carbonyl (C=O) groups excluding carboxylic acids is 1. The summed E-state index contributed by atoms with van der Waals surface area (Å²) in [4.78, 5) is 27.1. The Bertz CT molecular complexity index is 938. The maximum Gasteiger partial charge on any atom is 0.326 e. The van der Waals surface area contributed by atoms with E-state index in [1.807, 2.05) is 13.8 Å². The minimum Gasteiger partial charge on any atom is -0.380 e. The summed E-state index contributed by atoms with van der Waals surface area (Å²) in [6.45, 7) is 5.50. The summed E-state index contributed by atoms with van der Waals surface area (Å²) in [5.74, 6) is 0.335. The molecule has 0 unspecified atom stereocenters. The van der Waals surface area contributed by atoms with E-state index >= 15 is 0 Å². The minimum absolute atomic E-state index is 0.218. The fourth-order valence-electron chi connectivity index (χ4n) is 2.60. The molecule has 0 atom stereocenters. The van der Waals surface area contributed by atoms with E-state index in [4.69, 9.17) is 9.26 Å². The van der Waals surface area contributed by atoms with Crippen molar-refractivity contribution >= 4 is 16.9 Å². The number of rotatable bonds is 7. The fraction of sp³-hybridized carbons (Fsp3) is 0.353. The van der Waals surface area contributed by atoms with Crippen LogP contribution < -0.4 is 11.0 Å². The summed E-state index contributed by atoms with van der Waals surface area (Å²) in [5.41, 5.74) is 2.36. The van der Waals surface area contributed by atoms with Gasteiger partial charge in [-0.15, -0.1) is 0 Å². The van der Waals surface area contributed by atoms with Crippen molar-refractivity contribution < 1.29 is 14.1 Å². The van der Waals surface area contributed by atoms with Gasteiger partial charge in [0.2, 0.25) is 0 Å². The van der Waals surface area contributed by atoms with Gasteiger partial charge in [0.15, 0.2) is 5.76 Å². The minimum atomic E-state index is -0.251. The number of aryl methyl sites for hydroxylation is 1. The standard InChI is InChI=1S/C17H20N4O4/c1-3-24-7-6-21-15-5-4-12(9-14(15)19-17(21)23)16(22)18-10-13-8-11(2)20-25-13/h4-5,8-9H,3,6-7,10H2,1-2H3,(H,18,22)(H,19,23). The Morgan fingerprint density at radius 1 is 1.40 bits per heavy atom. The third-order valence-electron chi connectivity index (χ3n) is 3.80. The third kappa shape index (κ3) is 3.80. The van der Waals surface area contributed by atoms with Crippen LogP contribution in [0.5, 0.6) is 0 Å². The molecule has 2 aromatic heterocycles. The number of ether oxygens (including phenoxy) is 1. The van der Waals surface area contributed by atoms with Gasteiger partial charge in [-0.3, -0.25) is 9.36 Å². The molecule has 2 N–H and O–H groups in total. The molecule has 8 heteroatoms. The molecule has 0 bridgehead atoms. The largest absolute Gasteiger partial charge is 0.380 e. The molecule has 25 heavy (non-hydrogen) atoms. The quantitative estimate of drug-likeness (QED) is 0.634. The third-order valence-corrected chi connectivity index (χ3v) is 3.80. The van der Waals surface area contributed by atoms with E-state index in [1.165, 1.54) is 0 Å². The second-order valence-electron chi connectivity index (χ2n) is 5.63. The maximum absolute atomic E-state index is 12.3. The number of nitrogens with zero attached hydrogens (tertiary/aromatic N) is 2. The molecule has 8 nitrogen and oxygen atoms in total. The molecule has 1 amide bonds. The first-order valence-corrected chi connectivity index (χ1v) is 8.09. The predicted molar refractivity (Wildman–Crippen MR) is 91.5 cm³/mol. The molecule has 132 valence electrons. The molecular weight excluding hydrogens is 324 g/mol. The highest BCUT2D eigenvalue weighted by Gasteiger charge is 2.12. The fourth-order valence-corrected chi connectivity index (χ4v) is 2.60. The number of hydrogen-bond acceptors (Lipinski definition) is 5. The summed E-state index contributed by atoms with van der Waals surface area (Å²) >= 11 is 0. The van der Waals surface area contributed by atoms with Gasteiger partial charge < -0.3 is 19.6 Å². The number of H-pyrrole nitrogens is 1. The lowest BCUT2D eigenvalue weighted by Crippen LogP contribution is -2.22. The summed E-state index contributed by atoms with van der Waals surface area (Å²) in [6, 6.07) is 6.87. The number of fused-ring (bicyclic) bond motifs is 1. The molecule has 2 heterocycles. The van der Waals surface area contributed by atoms with Gasteiger partial charge in [-0.05, 0) is 32.0 Å². The average Bonchev–Trinajstić information content (AvgIpc) is 3.15. The van der Waals surface area contributed by atoms with Crippen molar-refractivity contribution in [3.05, 3.63) is 51.8 Å². The van der Waals surface area contributed by atoms with Gasteiger partial charge >= 0.3 is 5.69 Å². The Balaban J connectivity index is 1.74. The number of carbonyl (C=O) groups is 1. The molecule has 0 spiro atoms. The van der Waals surface area contributed by atoms with Gasteiger partial charge in [-0.2, -0.15) is 0 Å². The van der Waals surface area contributed by atoms with Gasteiger partial charge in [0.1, 0.15) is 0 Å². The highest BCUT2D eigenvalue weighted by atomic mass is 16.5. The van der Waals surface area contributed by atoms with Crippen molar-refractivity contribution in [3.8, 4) is 0 Å². The van der Waals surface area contributed by atoms with E-state index in [-0.39, 0.29) is 18.1 Å². The summed E-state index contributed by atoms with van der Waals surface area (Å²) in [6.07, 6.45) is 0. The van der Waals surface area contributed by atoms with E-state index < -0.39 is 0 Å². The maximum atomic E-state index is 12.3. The molecule has 1 aromatic carbocycles. The molecule has 0 radical (unpaired) electrons. The Hall–Kier alpha value is -2.87. The zero-order valence-corrected chi connectivity index (χ0v) is 14.2. The van der Waals surface area contributed by atoms with Crippen LogP contribution >= 0.6 is 0 Å². The number of aromatic amines is 1. The van der Waals surface area contributed by atoms with Gasteiger partial charge in [-0.1, -0.05) is 5.16 Å². The van der Waals surface area contributed by atoms with Crippen LogP contribution in [0.3, 0.4) is 0 Å². The first kappa shape index (κ1) is 17.0. The van der Waals surface area contributed by atoms with Crippen LogP contribution in [-0.4, -0.2) is 33.8 Å². The van der Waals surface area contributed by atoms with Gasteiger partial charge in [0.05, 0.1) is 36.4 Å². The van der Waals surface area contributed by atoms with Crippen LogP contribution in [0.2, 0.25) is 0 Å². The smallest absolute Gasteiger partial charge is 0.326 e. The lowest BCUT2D eigenvalue weighted by atomic mass is 10.2. The molecule has 0 saturated carbocycles. The first-order valence-electron chi connectivity index (χ1n) is 8.09. The van der Waals surface area contributed by atoms with Gasteiger partial charge in [-0.25, -0.2) is 4.79 Å². The van der Waals surface area contributed by atoms with Crippen LogP contribution in [0.1, 0.15) is 28.7 Å². The molecule has 0 fully saturated rings. The summed E-state index contributed by atoms with van der Waals surface area (Å²) in [7, 11) is 0. The lowest BCUT2D eigenvalue weighted by Gasteiger charge is -2.05. The van der Waals surface area contributed by atoms with Gasteiger partial charge in [0.25, 0.3) is 5.91 Å². The van der Waals surface area contributed by atoms with E-state index in [1.54, 1.807) is 28.8 Å². The molecule has 0 aliphatic rings. The molecule has 0 saturated heterocycles. The first-order chi connectivity index (χ1) is 12.1. The van der Waals surface area contributed by atoms with E-state index in [2.05, 4.69) is 15.5 Å². The van der Waals surface area contributed by atoms with Crippen molar-refractivity contribution in [1.29, 1.82) is 0 Å². The van der Waals surface area contributed by atoms with Crippen molar-refractivity contribution in [3.63, 3.8) is 0 Å². The van der Waals surface area contributed by atoms with Crippen molar-refractivity contribution in [1.82, 2.24) is 20.0 Å². The Morgan fingerprint density at radius 3 is 2.96 bits per heavy atom. The van der Waals surface area contributed by atoms with Crippen LogP contribution in [0, 0.1) is 6.92 Å². The predicted octanol–water partition coefficient (Wildman–Crippen LogP) is 1.59. The van der Waals surface area contributed by atoms with Gasteiger partial charge in [0, 0.05) is 18.2 Å². The molecule has 0 aliphatic heterocycles. The number of aromatic nitrogens is 3. The molecule has 3 aromatic rings. The van der Waals surface area contributed by atoms with Crippen LogP contribution in [0.4, 0.5) is 0 Å². The Morgan fingerprint density at radius 2 is 2.24 bits per heavy atom. The summed E-state index contributed by atoms with van der Waals surface area (Å²) < 4.78 is 12.0. The topological polar surface area (TPSA) is 102 Å². The van der Waals surface area contributed by atoms with Crippen LogP contribution in [0.15, 0.2) is 33.6 Å². The molecule has 3 rings (SSSR count). The second-order valence-corrected chi connectivity index (χ2v) is 5.63. The summed E-state index contributed by atoms with van der Waals surface area (Å²) in [5, 5.41) is 6.54. The number of hydrogen-bond donors (Lipinski definition) is 2. The highest BCUT2D eigenvalue weighted by Crippen LogP contribution is 2.13. The van der Waals surface area contributed by atoms with Crippen LogP contribution in [0.25, 0.3) is 11.0 Å². The number of amides is 1. The monoisotopic (exact) mass is 344 g/mol. The van der Waals surface area contributed by atoms with Crippen molar-refractivity contribution in [2.24, 2.45) is 0 Å². The molecule has 0 aliphatic carbocycles. The normalized spacial score (nSPS) is 11.1. The van der Waals surface area contributed by atoms with E-state index in [0.29, 0.717) is 36.6 Å². The Kier molecular flexibility index (Phi) is 4.99. The number of nitrogens with one attached hydrogen (secondary N) is 2. The zero-order chi connectivity index (χ0) is 17.8. The van der Waals surface area contributed by atoms with E-state index in [0.717, 1.165) is 11.2 Å². The van der Waals surface area contributed by atoms with Crippen LogP contribution in [-0.2, 0) is 17.8 Å². The van der Waals surface area contributed by atoms with Crippen molar-refractivity contribution in [2.45, 2.75) is 26.9 Å². The highest BCUT2D eigenvalue weighted by molar-refractivity contribution is 5.97. The Labute approximate surface area is 143 Å². The zero-order valence-electron chi connectivity index (χ0n) is 14.2. The number of imidazole rings is 1. The number of benzene rings is 1. The average molecular weight is 344 g/mol.